The molecule has 2 heterocycles. The third kappa shape index (κ3) is 5.06. The molecule has 3 amide bonds. The average Bonchev–Trinajstić information content (AvgIpc) is 2.84. The van der Waals surface area contributed by atoms with Crippen molar-refractivity contribution in [1.82, 2.24) is 14.9 Å². The lowest BCUT2D eigenvalue weighted by atomic mass is 9.96. The average molecular weight is 444 g/mol. The molecule has 0 unspecified atom stereocenters. The van der Waals surface area contributed by atoms with E-state index in [2.05, 4.69) is 15.3 Å². The van der Waals surface area contributed by atoms with Crippen LogP contribution in [0.3, 0.4) is 0 Å². The maximum atomic E-state index is 12.8. The minimum absolute atomic E-state index is 0.0811. The molecular formula is C25H25N5O3. The van der Waals surface area contributed by atoms with E-state index < -0.39 is 0 Å². The van der Waals surface area contributed by atoms with Gasteiger partial charge in [-0.3, -0.25) is 19.4 Å². The quantitative estimate of drug-likeness (QED) is 0.628. The summed E-state index contributed by atoms with van der Waals surface area (Å²) in [6.45, 7) is 2.76. The Morgan fingerprint density at radius 1 is 1.00 bits per heavy atom. The monoisotopic (exact) mass is 443 g/mol. The van der Waals surface area contributed by atoms with Crippen LogP contribution in [0.4, 0.5) is 5.69 Å². The van der Waals surface area contributed by atoms with Gasteiger partial charge in [-0.1, -0.05) is 30.3 Å². The molecule has 8 nitrogen and oxygen atoms in total. The molecule has 0 spiro atoms. The van der Waals surface area contributed by atoms with E-state index in [1.807, 2.05) is 18.2 Å². The Labute approximate surface area is 191 Å². The summed E-state index contributed by atoms with van der Waals surface area (Å²) in [5.41, 5.74) is 8.66. The third-order valence-corrected chi connectivity index (χ3v) is 5.81. The van der Waals surface area contributed by atoms with Crippen molar-refractivity contribution in [2.75, 3.05) is 18.4 Å². The molecule has 8 heteroatoms. The molecule has 0 aliphatic carbocycles. The van der Waals surface area contributed by atoms with Crippen LogP contribution in [-0.4, -0.2) is 45.7 Å². The van der Waals surface area contributed by atoms with Crippen LogP contribution in [-0.2, 0) is 4.79 Å². The zero-order chi connectivity index (χ0) is 23.4. The van der Waals surface area contributed by atoms with Gasteiger partial charge in [-0.05, 0) is 44.0 Å². The highest BCUT2D eigenvalue weighted by Gasteiger charge is 2.26. The maximum Gasteiger partial charge on any atom is 0.276 e. The topological polar surface area (TPSA) is 118 Å². The number of hydrogen-bond donors (Lipinski definition) is 2. The van der Waals surface area contributed by atoms with E-state index in [1.54, 1.807) is 54.4 Å². The Hall–Kier alpha value is -4.07. The lowest BCUT2D eigenvalue weighted by molar-refractivity contribution is -0.123. The largest absolute Gasteiger partial charge is 0.369 e. The number of aromatic nitrogens is 2. The Balaban J connectivity index is 1.47. The second-order valence-electron chi connectivity index (χ2n) is 8.06. The molecule has 1 aliphatic heterocycles. The number of aryl methyl sites for hydroxylation is 1. The Bertz CT molecular complexity index is 1170. The number of amides is 3. The smallest absolute Gasteiger partial charge is 0.276 e. The summed E-state index contributed by atoms with van der Waals surface area (Å²) in [6, 6.07) is 16.2. The number of benzene rings is 2. The van der Waals surface area contributed by atoms with Crippen molar-refractivity contribution < 1.29 is 14.4 Å². The number of nitrogens with one attached hydrogen (secondary N) is 1. The number of nitrogens with two attached hydrogens (primary N) is 1. The van der Waals surface area contributed by atoms with Crippen molar-refractivity contribution in [2.45, 2.75) is 19.8 Å². The van der Waals surface area contributed by atoms with Gasteiger partial charge in [0.05, 0.1) is 17.6 Å². The highest BCUT2D eigenvalue weighted by molar-refractivity contribution is 6.03. The van der Waals surface area contributed by atoms with Crippen molar-refractivity contribution in [2.24, 2.45) is 11.7 Å². The van der Waals surface area contributed by atoms with Gasteiger partial charge < -0.3 is 16.0 Å². The minimum Gasteiger partial charge on any atom is -0.369 e. The van der Waals surface area contributed by atoms with Crippen LogP contribution in [0.1, 0.15) is 39.4 Å². The predicted molar refractivity (Wildman–Crippen MR) is 124 cm³/mol. The minimum atomic E-state index is -0.334. The molecule has 3 aromatic rings. The highest BCUT2D eigenvalue weighted by Crippen LogP contribution is 2.22. The van der Waals surface area contributed by atoms with Gasteiger partial charge in [0.1, 0.15) is 5.69 Å². The van der Waals surface area contributed by atoms with Gasteiger partial charge in [0.25, 0.3) is 11.8 Å². The second kappa shape index (κ2) is 9.60. The molecule has 0 saturated carbocycles. The summed E-state index contributed by atoms with van der Waals surface area (Å²) < 4.78 is 0. The zero-order valence-electron chi connectivity index (χ0n) is 18.3. The number of primary amides is 1. The first kappa shape index (κ1) is 22.1. The van der Waals surface area contributed by atoms with Crippen LogP contribution in [0.15, 0.2) is 60.8 Å². The van der Waals surface area contributed by atoms with Gasteiger partial charge in [-0.2, -0.15) is 0 Å². The van der Waals surface area contributed by atoms with Gasteiger partial charge >= 0.3 is 0 Å². The van der Waals surface area contributed by atoms with E-state index in [1.165, 1.54) is 0 Å². The molecule has 1 fully saturated rings. The molecule has 1 saturated heterocycles. The SMILES string of the molecule is Cc1ncc(-c2ccc(C(=O)N3CCC(C(N)=O)CC3)cc2)nc1C(=O)Nc1ccccc1. The summed E-state index contributed by atoms with van der Waals surface area (Å²) in [6.07, 6.45) is 2.79. The van der Waals surface area contributed by atoms with E-state index >= 15 is 0 Å². The number of piperidine rings is 1. The van der Waals surface area contributed by atoms with Crippen molar-refractivity contribution in [3.63, 3.8) is 0 Å². The Morgan fingerprint density at radius 3 is 2.30 bits per heavy atom. The van der Waals surface area contributed by atoms with Crippen molar-refractivity contribution >= 4 is 23.4 Å². The lowest BCUT2D eigenvalue weighted by Gasteiger charge is -2.30. The predicted octanol–water partition coefficient (Wildman–Crippen LogP) is 3.04. The summed E-state index contributed by atoms with van der Waals surface area (Å²) >= 11 is 0. The van der Waals surface area contributed by atoms with Gasteiger partial charge in [0, 0.05) is 35.8 Å². The van der Waals surface area contributed by atoms with Gasteiger partial charge in [-0.15, -0.1) is 0 Å². The first-order valence-corrected chi connectivity index (χ1v) is 10.8. The molecule has 2 aromatic carbocycles. The van der Waals surface area contributed by atoms with Crippen LogP contribution in [0.2, 0.25) is 0 Å². The van der Waals surface area contributed by atoms with E-state index in [0.29, 0.717) is 48.6 Å². The normalized spacial score (nSPS) is 14.0. The number of likely N-dealkylation sites (tertiary alicyclic amines) is 1. The van der Waals surface area contributed by atoms with Gasteiger partial charge in [-0.25, -0.2) is 4.98 Å². The van der Waals surface area contributed by atoms with Gasteiger partial charge in [0.2, 0.25) is 5.91 Å². The molecule has 1 aromatic heterocycles. The van der Waals surface area contributed by atoms with Crippen molar-refractivity contribution in [1.29, 1.82) is 0 Å². The Morgan fingerprint density at radius 2 is 1.67 bits per heavy atom. The first-order chi connectivity index (χ1) is 15.9. The lowest BCUT2D eigenvalue weighted by Crippen LogP contribution is -2.41. The van der Waals surface area contributed by atoms with Crippen LogP contribution in [0.25, 0.3) is 11.3 Å². The van der Waals surface area contributed by atoms with E-state index in [9.17, 15) is 14.4 Å². The van der Waals surface area contributed by atoms with Crippen LogP contribution >= 0.6 is 0 Å². The number of para-hydroxylation sites is 1. The van der Waals surface area contributed by atoms with E-state index in [4.69, 9.17) is 5.73 Å². The van der Waals surface area contributed by atoms with Crippen molar-refractivity contribution in [3.8, 4) is 11.3 Å². The molecule has 33 heavy (non-hydrogen) atoms. The number of hydrogen-bond acceptors (Lipinski definition) is 5. The fourth-order valence-corrected chi connectivity index (χ4v) is 3.85. The molecule has 0 radical (unpaired) electrons. The molecule has 168 valence electrons. The van der Waals surface area contributed by atoms with Crippen LogP contribution in [0.5, 0.6) is 0 Å². The van der Waals surface area contributed by atoms with Gasteiger partial charge in [0.15, 0.2) is 0 Å². The maximum absolute atomic E-state index is 12.8. The molecule has 0 bridgehead atoms. The Kier molecular flexibility index (Phi) is 6.44. The van der Waals surface area contributed by atoms with E-state index in [0.717, 1.165) is 5.56 Å². The first-order valence-electron chi connectivity index (χ1n) is 10.8. The summed E-state index contributed by atoms with van der Waals surface area (Å²) in [7, 11) is 0. The zero-order valence-corrected chi connectivity index (χ0v) is 18.3. The van der Waals surface area contributed by atoms with Crippen LogP contribution < -0.4 is 11.1 Å². The van der Waals surface area contributed by atoms with Crippen molar-refractivity contribution in [3.05, 3.63) is 77.7 Å². The summed E-state index contributed by atoms with van der Waals surface area (Å²) in [5.74, 6) is -0.881. The number of carbonyl (C=O) groups is 3. The van der Waals surface area contributed by atoms with E-state index in [-0.39, 0.29) is 29.3 Å². The number of nitrogens with zero attached hydrogens (tertiary/aromatic N) is 3. The molecule has 4 rings (SSSR count). The van der Waals surface area contributed by atoms with Crippen LogP contribution in [0, 0.1) is 12.8 Å². The molecule has 0 atom stereocenters. The fourth-order valence-electron chi connectivity index (χ4n) is 3.85. The third-order valence-electron chi connectivity index (χ3n) is 5.81. The standard InChI is InChI=1S/C25H25N5O3/c1-16-22(24(32)28-20-5-3-2-4-6-20)29-21(15-27-16)17-7-9-19(10-8-17)25(33)30-13-11-18(12-14-30)23(26)31/h2-10,15,18H,11-14H2,1H3,(H2,26,31)(H,28,32). The number of carbonyl (C=O) groups excluding carboxylic acids is 3. The molecule has 3 N–H and O–H groups in total. The number of anilines is 1. The summed E-state index contributed by atoms with van der Waals surface area (Å²) in [5, 5.41) is 2.83. The summed E-state index contributed by atoms with van der Waals surface area (Å²) in [4.78, 5) is 47.4. The second-order valence-corrected chi connectivity index (χ2v) is 8.06. The highest BCUT2D eigenvalue weighted by atomic mass is 16.2. The fraction of sp³-hybridized carbons (Fsp3) is 0.240. The molecule has 1 aliphatic rings. The number of rotatable bonds is 5. The molecular weight excluding hydrogens is 418 g/mol.